The summed E-state index contributed by atoms with van der Waals surface area (Å²) >= 11 is 7.02. The quantitative estimate of drug-likeness (QED) is 0.831. The zero-order chi connectivity index (χ0) is 9.26. The first-order valence-corrected chi connectivity index (χ1v) is 4.77. The van der Waals surface area contributed by atoms with Crippen LogP contribution in [0.2, 0.25) is 5.22 Å². The summed E-state index contributed by atoms with van der Waals surface area (Å²) in [6.45, 7) is 0.395. The molecule has 2 rings (SSSR count). The molecule has 2 N–H and O–H groups in total. The lowest BCUT2D eigenvalue weighted by Gasteiger charge is -1.84. The third-order valence-electron chi connectivity index (χ3n) is 1.43. The van der Waals surface area contributed by atoms with Crippen LogP contribution in [0.15, 0.2) is 16.5 Å². The number of nitrogens with two attached hydrogens (primary N) is 1. The Balaban J connectivity index is 2.35. The Morgan fingerprint density at radius 1 is 1.46 bits per heavy atom. The first kappa shape index (κ1) is 8.68. The molecule has 0 aliphatic rings. The van der Waals surface area contributed by atoms with Crippen LogP contribution in [0.1, 0.15) is 5.01 Å². The van der Waals surface area contributed by atoms with E-state index in [0.717, 1.165) is 5.01 Å². The molecule has 6 heteroatoms. The molecule has 0 atom stereocenters. The van der Waals surface area contributed by atoms with Crippen molar-refractivity contribution in [2.24, 2.45) is 5.73 Å². The molecule has 0 aliphatic heterocycles. The van der Waals surface area contributed by atoms with Crippen LogP contribution in [0, 0.1) is 0 Å². The summed E-state index contributed by atoms with van der Waals surface area (Å²) in [7, 11) is 0. The van der Waals surface area contributed by atoms with E-state index in [1.165, 1.54) is 11.3 Å². The average Bonchev–Trinajstić information content (AvgIpc) is 2.71. The second-order valence-corrected chi connectivity index (χ2v) is 3.74. The van der Waals surface area contributed by atoms with E-state index in [4.69, 9.17) is 21.8 Å². The number of nitrogens with zero attached hydrogens (tertiary/aromatic N) is 2. The predicted molar refractivity (Wildman–Crippen MR) is 50.5 cm³/mol. The maximum Gasteiger partial charge on any atom is 0.194 e. The molecular weight excluding hydrogens is 210 g/mol. The first-order valence-electron chi connectivity index (χ1n) is 3.58. The van der Waals surface area contributed by atoms with Crippen molar-refractivity contribution in [1.82, 2.24) is 10.2 Å². The Kier molecular flexibility index (Phi) is 2.30. The summed E-state index contributed by atoms with van der Waals surface area (Å²) in [5.74, 6) is 0.627. The SMILES string of the molecule is NCc1nnc(-c2ccc(Cl)o2)s1. The van der Waals surface area contributed by atoms with Gasteiger partial charge in [0.2, 0.25) is 0 Å². The number of hydrogen-bond acceptors (Lipinski definition) is 5. The van der Waals surface area contributed by atoms with Crippen molar-refractivity contribution in [3.63, 3.8) is 0 Å². The van der Waals surface area contributed by atoms with E-state index >= 15 is 0 Å². The molecule has 2 aromatic heterocycles. The lowest BCUT2D eigenvalue weighted by Crippen LogP contribution is -1.94. The number of halogens is 1. The Hall–Kier alpha value is -0.910. The molecule has 0 radical (unpaired) electrons. The van der Waals surface area contributed by atoms with Crippen LogP contribution < -0.4 is 5.73 Å². The number of furan rings is 1. The van der Waals surface area contributed by atoms with E-state index in [1.807, 2.05) is 0 Å². The topological polar surface area (TPSA) is 64.9 Å². The fraction of sp³-hybridized carbons (Fsp3) is 0.143. The summed E-state index contributed by atoms with van der Waals surface area (Å²) in [5, 5.41) is 9.60. The lowest BCUT2D eigenvalue weighted by molar-refractivity contribution is 0.583. The summed E-state index contributed by atoms with van der Waals surface area (Å²) in [5.41, 5.74) is 5.40. The molecule has 2 heterocycles. The van der Waals surface area contributed by atoms with Gasteiger partial charge in [-0.25, -0.2) is 0 Å². The van der Waals surface area contributed by atoms with Gasteiger partial charge in [-0.1, -0.05) is 11.3 Å². The highest BCUT2D eigenvalue weighted by Crippen LogP contribution is 2.26. The zero-order valence-electron chi connectivity index (χ0n) is 6.53. The van der Waals surface area contributed by atoms with Gasteiger partial charge in [-0.3, -0.25) is 0 Å². The second-order valence-electron chi connectivity index (χ2n) is 2.31. The lowest BCUT2D eigenvalue weighted by atomic mass is 10.5. The third-order valence-corrected chi connectivity index (χ3v) is 2.59. The minimum Gasteiger partial charge on any atom is -0.442 e. The molecule has 4 nitrogen and oxygen atoms in total. The van der Waals surface area contributed by atoms with Gasteiger partial charge in [0.25, 0.3) is 0 Å². The summed E-state index contributed by atoms with van der Waals surface area (Å²) in [6, 6.07) is 3.42. The van der Waals surface area contributed by atoms with E-state index in [9.17, 15) is 0 Å². The van der Waals surface area contributed by atoms with Gasteiger partial charge in [-0.05, 0) is 23.7 Å². The monoisotopic (exact) mass is 215 g/mol. The van der Waals surface area contributed by atoms with Gasteiger partial charge in [0.15, 0.2) is 16.0 Å². The predicted octanol–water partition coefficient (Wildman–Crippen LogP) is 1.91. The minimum absolute atomic E-state index is 0.347. The molecule has 0 fully saturated rings. The van der Waals surface area contributed by atoms with Crippen LogP contribution in [-0.2, 0) is 6.54 Å². The Morgan fingerprint density at radius 3 is 2.85 bits per heavy atom. The van der Waals surface area contributed by atoms with Crippen molar-refractivity contribution in [2.75, 3.05) is 0 Å². The van der Waals surface area contributed by atoms with Crippen molar-refractivity contribution >= 4 is 22.9 Å². The molecule has 2 aromatic rings. The van der Waals surface area contributed by atoms with E-state index in [-0.39, 0.29) is 0 Å². The molecule has 0 unspecified atom stereocenters. The van der Waals surface area contributed by atoms with Gasteiger partial charge < -0.3 is 10.2 Å². The Morgan fingerprint density at radius 2 is 2.31 bits per heavy atom. The number of rotatable bonds is 2. The van der Waals surface area contributed by atoms with Gasteiger partial charge in [-0.15, -0.1) is 10.2 Å². The summed E-state index contributed by atoms with van der Waals surface area (Å²) in [4.78, 5) is 0. The summed E-state index contributed by atoms with van der Waals surface area (Å²) in [6.07, 6.45) is 0. The van der Waals surface area contributed by atoms with Crippen molar-refractivity contribution in [3.05, 3.63) is 22.4 Å². The molecule has 0 spiro atoms. The largest absolute Gasteiger partial charge is 0.442 e. The summed E-state index contributed by atoms with van der Waals surface area (Å²) < 4.78 is 5.16. The van der Waals surface area contributed by atoms with E-state index < -0.39 is 0 Å². The maximum absolute atomic E-state index is 5.62. The van der Waals surface area contributed by atoms with Crippen LogP contribution >= 0.6 is 22.9 Å². The normalized spacial score (nSPS) is 10.6. The molecule has 13 heavy (non-hydrogen) atoms. The minimum atomic E-state index is 0.347. The highest BCUT2D eigenvalue weighted by molar-refractivity contribution is 7.14. The van der Waals surface area contributed by atoms with E-state index in [1.54, 1.807) is 12.1 Å². The Bertz CT molecular complexity index is 411. The van der Waals surface area contributed by atoms with Gasteiger partial charge in [0.1, 0.15) is 5.01 Å². The smallest absolute Gasteiger partial charge is 0.194 e. The van der Waals surface area contributed by atoms with Crippen LogP contribution in [0.3, 0.4) is 0 Å². The van der Waals surface area contributed by atoms with Gasteiger partial charge in [0, 0.05) is 6.54 Å². The molecule has 68 valence electrons. The van der Waals surface area contributed by atoms with Crippen molar-refractivity contribution in [1.29, 1.82) is 0 Å². The van der Waals surface area contributed by atoms with Crippen LogP contribution in [-0.4, -0.2) is 10.2 Å². The molecule has 0 aliphatic carbocycles. The third kappa shape index (κ3) is 1.72. The van der Waals surface area contributed by atoms with Crippen molar-refractivity contribution in [3.8, 4) is 10.8 Å². The van der Waals surface area contributed by atoms with Crippen molar-refractivity contribution < 1.29 is 4.42 Å². The second kappa shape index (κ2) is 3.45. The highest BCUT2D eigenvalue weighted by Gasteiger charge is 2.08. The molecule has 0 amide bonds. The van der Waals surface area contributed by atoms with E-state index in [2.05, 4.69) is 10.2 Å². The standard InChI is InChI=1S/C7H6ClN3OS/c8-5-2-1-4(12-5)7-11-10-6(3-9)13-7/h1-2H,3,9H2. The zero-order valence-corrected chi connectivity index (χ0v) is 8.10. The van der Waals surface area contributed by atoms with E-state index in [0.29, 0.717) is 22.5 Å². The van der Waals surface area contributed by atoms with Gasteiger partial charge in [-0.2, -0.15) is 0 Å². The maximum atomic E-state index is 5.62. The van der Waals surface area contributed by atoms with Crippen LogP contribution in [0.4, 0.5) is 0 Å². The molecule has 0 saturated heterocycles. The molecule has 0 saturated carbocycles. The molecule has 0 bridgehead atoms. The van der Waals surface area contributed by atoms with Crippen LogP contribution in [0.25, 0.3) is 10.8 Å². The Labute approximate surface area is 83.3 Å². The average molecular weight is 216 g/mol. The highest BCUT2D eigenvalue weighted by atomic mass is 35.5. The number of aromatic nitrogens is 2. The molecular formula is C7H6ClN3OS. The van der Waals surface area contributed by atoms with Crippen molar-refractivity contribution in [2.45, 2.75) is 6.54 Å². The molecule has 0 aromatic carbocycles. The fourth-order valence-electron chi connectivity index (χ4n) is 0.865. The van der Waals surface area contributed by atoms with Gasteiger partial charge >= 0.3 is 0 Å². The first-order chi connectivity index (χ1) is 6.29. The van der Waals surface area contributed by atoms with Crippen LogP contribution in [0.5, 0.6) is 0 Å². The van der Waals surface area contributed by atoms with Gasteiger partial charge in [0.05, 0.1) is 0 Å². The number of hydrogen-bond donors (Lipinski definition) is 1. The fourth-order valence-corrected chi connectivity index (χ4v) is 1.69.